The van der Waals surface area contributed by atoms with Crippen molar-refractivity contribution in [1.29, 1.82) is 0 Å². The highest BCUT2D eigenvalue weighted by Gasteiger charge is 2.16. The van der Waals surface area contributed by atoms with E-state index in [0.29, 0.717) is 34.9 Å². The molecule has 8 heteroatoms. The molecule has 1 saturated heterocycles. The summed E-state index contributed by atoms with van der Waals surface area (Å²) in [5.74, 6) is -0.346. The van der Waals surface area contributed by atoms with Crippen LogP contribution in [-0.4, -0.2) is 40.9 Å². The van der Waals surface area contributed by atoms with E-state index in [1.807, 2.05) is 42.5 Å². The van der Waals surface area contributed by atoms with Crippen LogP contribution in [0.4, 0.5) is 4.39 Å². The molecule has 0 bridgehead atoms. The van der Waals surface area contributed by atoms with E-state index < -0.39 is 0 Å². The second kappa shape index (κ2) is 10.9. The Morgan fingerprint density at radius 3 is 2.58 bits per heavy atom. The molecule has 0 aliphatic carbocycles. The van der Waals surface area contributed by atoms with Crippen molar-refractivity contribution in [3.63, 3.8) is 0 Å². The fourth-order valence-corrected chi connectivity index (χ4v) is 3.96. The van der Waals surface area contributed by atoms with Gasteiger partial charge in [-0.2, -0.15) is 5.10 Å². The van der Waals surface area contributed by atoms with Crippen molar-refractivity contribution in [3.8, 4) is 11.3 Å². The summed E-state index contributed by atoms with van der Waals surface area (Å²) in [6.45, 7) is 4.50. The number of hydrogen-bond donors (Lipinski definition) is 2. The number of aromatic nitrogens is 2. The van der Waals surface area contributed by atoms with Gasteiger partial charge in [0.05, 0.1) is 12.2 Å². The quantitative estimate of drug-likeness (QED) is 0.557. The summed E-state index contributed by atoms with van der Waals surface area (Å²) in [5, 5.41) is 8.58. The molecule has 1 aliphatic heterocycles. The number of piperazine rings is 1. The van der Waals surface area contributed by atoms with Gasteiger partial charge in [-0.25, -0.2) is 9.07 Å². The third-order valence-electron chi connectivity index (χ3n) is 5.67. The van der Waals surface area contributed by atoms with Gasteiger partial charge in [0.15, 0.2) is 0 Å². The maximum absolute atomic E-state index is 14.0. The van der Waals surface area contributed by atoms with Crippen molar-refractivity contribution < 1.29 is 4.39 Å². The fourth-order valence-electron chi connectivity index (χ4n) is 3.84. The highest BCUT2D eigenvalue weighted by atomic mass is 35.5. The zero-order chi connectivity index (χ0) is 23.2. The molecule has 3 aromatic rings. The van der Waals surface area contributed by atoms with Crippen LogP contribution in [0.1, 0.15) is 16.7 Å². The topological polar surface area (TPSA) is 76.2 Å². The summed E-state index contributed by atoms with van der Waals surface area (Å²) < 4.78 is 15.4. The third kappa shape index (κ3) is 5.94. The molecule has 0 radical (unpaired) electrons. The first-order valence-corrected chi connectivity index (χ1v) is 11.4. The molecular formula is C25H27ClFN5O. The number of nitrogens with one attached hydrogen (secondary N) is 1. The minimum atomic E-state index is -0.346. The minimum absolute atomic E-state index is 0.0940. The lowest BCUT2D eigenvalue weighted by Gasteiger charge is -2.27. The van der Waals surface area contributed by atoms with Gasteiger partial charge in [-0.3, -0.25) is 9.69 Å². The maximum Gasteiger partial charge on any atom is 0.271 e. The first-order valence-electron chi connectivity index (χ1n) is 11.0. The van der Waals surface area contributed by atoms with Crippen molar-refractivity contribution in [3.05, 3.63) is 92.5 Å². The van der Waals surface area contributed by atoms with Gasteiger partial charge < -0.3 is 11.1 Å². The first kappa shape index (κ1) is 23.3. The molecule has 1 aromatic heterocycles. The van der Waals surface area contributed by atoms with Crippen LogP contribution in [0.15, 0.2) is 59.4 Å². The molecule has 2 heterocycles. The van der Waals surface area contributed by atoms with Crippen molar-refractivity contribution in [1.82, 2.24) is 20.0 Å². The van der Waals surface area contributed by atoms with Gasteiger partial charge >= 0.3 is 0 Å². The Labute approximate surface area is 197 Å². The van der Waals surface area contributed by atoms with Crippen molar-refractivity contribution in [2.45, 2.75) is 19.6 Å². The van der Waals surface area contributed by atoms with Crippen LogP contribution in [0.25, 0.3) is 17.3 Å². The lowest BCUT2D eigenvalue weighted by atomic mass is 10.1. The summed E-state index contributed by atoms with van der Waals surface area (Å²) >= 11 is 5.95. The Morgan fingerprint density at radius 2 is 1.85 bits per heavy atom. The number of nitrogens with two attached hydrogens (primary N) is 1. The van der Waals surface area contributed by atoms with Crippen molar-refractivity contribution in [2.75, 3.05) is 26.2 Å². The van der Waals surface area contributed by atoms with Crippen LogP contribution in [0.2, 0.25) is 5.02 Å². The highest BCUT2D eigenvalue weighted by molar-refractivity contribution is 6.30. The van der Waals surface area contributed by atoms with Crippen molar-refractivity contribution >= 4 is 17.7 Å². The Balaban J connectivity index is 1.67. The summed E-state index contributed by atoms with van der Waals surface area (Å²) in [6, 6.07) is 14.0. The lowest BCUT2D eigenvalue weighted by molar-refractivity contribution is 0.231. The largest absolute Gasteiger partial charge is 0.326 e. The van der Waals surface area contributed by atoms with Gasteiger partial charge in [-0.1, -0.05) is 35.9 Å². The number of allylic oxidation sites excluding steroid dienone is 1. The zero-order valence-electron chi connectivity index (χ0n) is 18.3. The molecule has 4 rings (SSSR count). The van der Waals surface area contributed by atoms with E-state index in [1.165, 1.54) is 10.7 Å². The lowest BCUT2D eigenvalue weighted by Crippen LogP contribution is -2.44. The van der Waals surface area contributed by atoms with Gasteiger partial charge in [-0.05, 0) is 42.0 Å². The van der Waals surface area contributed by atoms with Gasteiger partial charge in [0.25, 0.3) is 5.56 Å². The van der Waals surface area contributed by atoms with Crippen molar-refractivity contribution in [2.24, 2.45) is 5.73 Å². The average Bonchev–Trinajstić information content (AvgIpc) is 2.83. The van der Waals surface area contributed by atoms with E-state index in [-0.39, 0.29) is 17.9 Å². The molecule has 0 amide bonds. The molecule has 1 fully saturated rings. The molecule has 1 aliphatic rings. The molecule has 0 atom stereocenters. The molecule has 0 saturated carbocycles. The highest BCUT2D eigenvalue weighted by Crippen LogP contribution is 2.21. The van der Waals surface area contributed by atoms with Crippen LogP contribution in [0, 0.1) is 5.82 Å². The Kier molecular flexibility index (Phi) is 7.67. The van der Waals surface area contributed by atoms with E-state index in [1.54, 1.807) is 12.1 Å². The normalized spacial score (nSPS) is 14.8. The average molecular weight is 468 g/mol. The number of benzene rings is 2. The Hall–Kier alpha value is -2.84. The van der Waals surface area contributed by atoms with Crippen LogP contribution >= 0.6 is 11.6 Å². The SMILES string of the molecule is NCc1cc(-c2cc(CN3CCNCC3)c(=O)n(C/C=C/c3ccc(Cl)cc3)n2)ccc1F. The molecule has 33 heavy (non-hydrogen) atoms. The van der Waals surface area contributed by atoms with Gasteiger partial charge in [0.2, 0.25) is 0 Å². The van der Waals surface area contributed by atoms with Crippen LogP contribution in [0.5, 0.6) is 0 Å². The summed E-state index contributed by atoms with van der Waals surface area (Å²) in [6.07, 6.45) is 3.82. The number of nitrogens with zero attached hydrogens (tertiary/aromatic N) is 3. The summed E-state index contributed by atoms with van der Waals surface area (Å²) in [7, 11) is 0. The summed E-state index contributed by atoms with van der Waals surface area (Å²) in [5.41, 5.74) is 8.98. The minimum Gasteiger partial charge on any atom is -0.326 e. The van der Waals surface area contributed by atoms with Crippen LogP contribution in [-0.2, 0) is 19.6 Å². The molecule has 3 N–H and O–H groups in total. The molecule has 172 valence electrons. The van der Waals surface area contributed by atoms with Crippen LogP contribution < -0.4 is 16.6 Å². The zero-order valence-corrected chi connectivity index (χ0v) is 19.1. The molecule has 2 aromatic carbocycles. The van der Waals surface area contributed by atoms with E-state index in [0.717, 1.165) is 37.3 Å². The number of rotatable bonds is 7. The van der Waals surface area contributed by atoms with Gasteiger partial charge in [0.1, 0.15) is 5.82 Å². The predicted octanol–water partition coefficient (Wildman–Crippen LogP) is 3.28. The fraction of sp³-hybridized carbons (Fsp3) is 0.280. The summed E-state index contributed by atoms with van der Waals surface area (Å²) in [4.78, 5) is 15.5. The van der Waals surface area contributed by atoms with Crippen LogP contribution in [0.3, 0.4) is 0 Å². The smallest absolute Gasteiger partial charge is 0.271 e. The molecule has 6 nitrogen and oxygen atoms in total. The van der Waals surface area contributed by atoms with E-state index in [4.69, 9.17) is 17.3 Å². The van der Waals surface area contributed by atoms with E-state index in [2.05, 4.69) is 15.3 Å². The first-order chi connectivity index (χ1) is 16.0. The Bertz CT molecular complexity index is 1190. The molecule has 0 spiro atoms. The monoisotopic (exact) mass is 467 g/mol. The maximum atomic E-state index is 14.0. The second-order valence-corrected chi connectivity index (χ2v) is 8.47. The Morgan fingerprint density at radius 1 is 1.09 bits per heavy atom. The number of halogens is 2. The molecular weight excluding hydrogens is 441 g/mol. The van der Waals surface area contributed by atoms with Gasteiger partial charge in [-0.15, -0.1) is 0 Å². The van der Waals surface area contributed by atoms with E-state index in [9.17, 15) is 9.18 Å². The number of hydrogen-bond acceptors (Lipinski definition) is 5. The second-order valence-electron chi connectivity index (χ2n) is 8.03. The van der Waals surface area contributed by atoms with E-state index >= 15 is 0 Å². The standard InChI is InChI=1S/C25H27ClFN5O/c26-22-6-3-18(4-7-22)2-1-11-32-25(33)21(17-31-12-9-29-10-13-31)15-24(30-32)19-5-8-23(27)20(14-19)16-28/h1-8,14-15,29H,9-13,16-17,28H2/b2-1+. The third-order valence-corrected chi connectivity index (χ3v) is 5.92. The predicted molar refractivity (Wildman–Crippen MR) is 130 cm³/mol. The van der Waals surface area contributed by atoms with Gasteiger partial charge in [0, 0.05) is 61.0 Å². The molecule has 0 unspecified atom stereocenters.